The summed E-state index contributed by atoms with van der Waals surface area (Å²) < 4.78 is 0. The van der Waals surface area contributed by atoms with Gasteiger partial charge in [0.15, 0.2) is 0 Å². The smallest absolute Gasteiger partial charge is 0.252 e. The maximum atomic E-state index is 13.2. The molecule has 0 spiro atoms. The molecular weight excluding hydrogens is 366 g/mol. The zero-order chi connectivity index (χ0) is 20.1. The summed E-state index contributed by atoms with van der Waals surface area (Å²) in [6.07, 6.45) is 1.85. The van der Waals surface area contributed by atoms with Crippen LogP contribution in [0.25, 0.3) is 11.6 Å². The highest BCUT2D eigenvalue weighted by atomic mass is 35.5. The Hall–Kier alpha value is -2.84. The van der Waals surface area contributed by atoms with Crippen molar-refractivity contribution in [1.82, 2.24) is 5.32 Å². The van der Waals surface area contributed by atoms with Crippen molar-refractivity contribution < 1.29 is 4.79 Å². The molecule has 1 amide bonds. The maximum absolute atomic E-state index is 13.2. The van der Waals surface area contributed by atoms with Crippen molar-refractivity contribution in [1.29, 1.82) is 0 Å². The second-order valence-corrected chi connectivity index (χ2v) is 7.41. The Balaban J connectivity index is 1.94. The lowest BCUT2D eigenvalue weighted by molar-refractivity contribution is -0.116. The molecule has 0 saturated heterocycles. The fourth-order valence-electron chi connectivity index (χ4n) is 3.31. The minimum Gasteiger partial charge on any atom is -0.345 e. The summed E-state index contributed by atoms with van der Waals surface area (Å²) in [5.41, 5.74) is 5.76. The molecule has 3 aromatic carbocycles. The van der Waals surface area contributed by atoms with Crippen molar-refractivity contribution in [3.63, 3.8) is 0 Å². The van der Waals surface area contributed by atoms with E-state index >= 15 is 0 Å². The van der Waals surface area contributed by atoms with Crippen LogP contribution in [0.5, 0.6) is 0 Å². The molecule has 0 fully saturated rings. The number of rotatable bonds is 5. The standard InChI is InChI=1S/C25H24ClNO/c1-17-13-14-22(18(2)15-17)19(3)27-25(28)23(20-9-5-4-6-10-20)16-21-11-7-8-12-24(21)26/h4-16,19H,1-3H3,(H,27,28)/b23-16+/t19-/m0/s1. The lowest BCUT2D eigenvalue weighted by Gasteiger charge is -2.18. The quantitative estimate of drug-likeness (QED) is 0.398. The zero-order valence-electron chi connectivity index (χ0n) is 16.4. The molecule has 0 aliphatic carbocycles. The van der Waals surface area contributed by atoms with E-state index in [1.165, 1.54) is 11.1 Å². The Kier molecular flexibility index (Phi) is 6.33. The van der Waals surface area contributed by atoms with Crippen LogP contribution in [-0.4, -0.2) is 5.91 Å². The molecule has 3 aromatic rings. The summed E-state index contributed by atoms with van der Waals surface area (Å²) in [5, 5.41) is 3.76. The van der Waals surface area contributed by atoms with Crippen LogP contribution < -0.4 is 5.32 Å². The lowest BCUT2D eigenvalue weighted by Crippen LogP contribution is -2.28. The summed E-state index contributed by atoms with van der Waals surface area (Å²) in [7, 11) is 0. The summed E-state index contributed by atoms with van der Waals surface area (Å²) in [6, 6.07) is 23.4. The third-order valence-electron chi connectivity index (χ3n) is 4.77. The first-order valence-corrected chi connectivity index (χ1v) is 9.73. The van der Waals surface area contributed by atoms with Gasteiger partial charge in [-0.3, -0.25) is 4.79 Å². The number of carbonyl (C=O) groups is 1. The SMILES string of the molecule is Cc1ccc([C@H](C)NC(=O)/C(=C/c2ccccc2Cl)c2ccccc2)c(C)c1. The van der Waals surface area contributed by atoms with Gasteiger partial charge in [-0.05, 0) is 55.2 Å². The molecule has 2 nitrogen and oxygen atoms in total. The van der Waals surface area contributed by atoms with E-state index < -0.39 is 0 Å². The van der Waals surface area contributed by atoms with Gasteiger partial charge in [0.25, 0.3) is 5.91 Å². The van der Waals surface area contributed by atoms with Crippen LogP contribution in [-0.2, 0) is 4.79 Å². The van der Waals surface area contributed by atoms with Gasteiger partial charge in [0.05, 0.1) is 6.04 Å². The Morgan fingerprint density at radius 3 is 2.32 bits per heavy atom. The maximum Gasteiger partial charge on any atom is 0.252 e. The monoisotopic (exact) mass is 389 g/mol. The van der Waals surface area contributed by atoms with Crippen molar-refractivity contribution in [3.05, 3.63) is 106 Å². The number of hydrogen-bond donors (Lipinski definition) is 1. The molecule has 28 heavy (non-hydrogen) atoms. The molecule has 1 atom stereocenters. The van der Waals surface area contributed by atoms with Gasteiger partial charge >= 0.3 is 0 Å². The topological polar surface area (TPSA) is 29.1 Å². The van der Waals surface area contributed by atoms with E-state index in [1.54, 1.807) is 0 Å². The van der Waals surface area contributed by atoms with E-state index in [4.69, 9.17) is 11.6 Å². The molecule has 0 bridgehead atoms. The van der Waals surface area contributed by atoms with E-state index in [-0.39, 0.29) is 11.9 Å². The van der Waals surface area contributed by atoms with E-state index in [9.17, 15) is 4.79 Å². The highest BCUT2D eigenvalue weighted by Crippen LogP contribution is 2.25. The number of benzene rings is 3. The minimum atomic E-state index is -0.126. The average Bonchev–Trinajstić information content (AvgIpc) is 2.67. The predicted molar refractivity (Wildman–Crippen MR) is 118 cm³/mol. The average molecular weight is 390 g/mol. The second-order valence-electron chi connectivity index (χ2n) is 7.00. The summed E-state index contributed by atoms with van der Waals surface area (Å²) >= 11 is 6.32. The van der Waals surface area contributed by atoms with Gasteiger partial charge in [-0.15, -0.1) is 0 Å². The molecule has 0 saturated carbocycles. The molecule has 0 heterocycles. The van der Waals surface area contributed by atoms with E-state index in [2.05, 4.69) is 37.4 Å². The van der Waals surface area contributed by atoms with Crippen LogP contribution >= 0.6 is 11.6 Å². The molecule has 1 N–H and O–H groups in total. The molecule has 0 aliphatic rings. The summed E-state index contributed by atoms with van der Waals surface area (Å²) in [4.78, 5) is 13.2. The molecule has 0 radical (unpaired) electrons. The molecule has 0 aliphatic heterocycles. The number of amides is 1. The number of carbonyl (C=O) groups excluding carboxylic acids is 1. The van der Waals surface area contributed by atoms with Crippen LogP contribution in [0.2, 0.25) is 5.02 Å². The van der Waals surface area contributed by atoms with Crippen molar-refractivity contribution >= 4 is 29.2 Å². The Bertz CT molecular complexity index is 1010. The number of aryl methyl sites for hydroxylation is 2. The lowest BCUT2D eigenvalue weighted by atomic mass is 9.98. The van der Waals surface area contributed by atoms with Crippen molar-refractivity contribution in [2.75, 3.05) is 0 Å². The minimum absolute atomic E-state index is 0.105. The van der Waals surface area contributed by atoms with Gasteiger partial charge in [0, 0.05) is 10.6 Å². The first-order chi connectivity index (χ1) is 13.5. The van der Waals surface area contributed by atoms with Crippen LogP contribution in [0.1, 0.15) is 40.8 Å². The van der Waals surface area contributed by atoms with Crippen LogP contribution in [0.3, 0.4) is 0 Å². The Morgan fingerprint density at radius 1 is 0.964 bits per heavy atom. The van der Waals surface area contributed by atoms with Crippen LogP contribution in [0.15, 0.2) is 72.8 Å². The normalized spacial score (nSPS) is 12.5. The van der Waals surface area contributed by atoms with Gasteiger partial charge in [-0.25, -0.2) is 0 Å². The van der Waals surface area contributed by atoms with Gasteiger partial charge in [-0.1, -0.05) is 83.9 Å². The third kappa shape index (κ3) is 4.71. The highest BCUT2D eigenvalue weighted by molar-refractivity contribution is 6.33. The fourth-order valence-corrected chi connectivity index (χ4v) is 3.50. The van der Waals surface area contributed by atoms with Crippen molar-refractivity contribution in [2.45, 2.75) is 26.8 Å². The molecular formula is C25H24ClNO. The molecule has 3 rings (SSSR count). The van der Waals surface area contributed by atoms with Crippen LogP contribution in [0, 0.1) is 13.8 Å². The van der Waals surface area contributed by atoms with Gasteiger partial charge in [0.2, 0.25) is 0 Å². The number of nitrogens with one attached hydrogen (secondary N) is 1. The summed E-state index contributed by atoms with van der Waals surface area (Å²) in [5.74, 6) is -0.126. The molecule has 0 unspecified atom stereocenters. The summed E-state index contributed by atoms with van der Waals surface area (Å²) in [6.45, 7) is 6.15. The second kappa shape index (κ2) is 8.90. The molecule has 0 aromatic heterocycles. The first-order valence-electron chi connectivity index (χ1n) is 9.35. The van der Waals surface area contributed by atoms with Crippen molar-refractivity contribution in [2.24, 2.45) is 0 Å². The zero-order valence-corrected chi connectivity index (χ0v) is 17.1. The van der Waals surface area contributed by atoms with E-state index in [1.807, 2.05) is 67.6 Å². The number of halogens is 1. The fraction of sp³-hybridized carbons (Fsp3) is 0.160. The third-order valence-corrected chi connectivity index (χ3v) is 5.12. The molecule has 3 heteroatoms. The Morgan fingerprint density at radius 2 is 1.64 bits per heavy atom. The first kappa shape index (κ1) is 19.9. The number of hydrogen-bond acceptors (Lipinski definition) is 1. The van der Waals surface area contributed by atoms with Gasteiger partial charge in [0.1, 0.15) is 0 Å². The van der Waals surface area contributed by atoms with Gasteiger partial charge < -0.3 is 5.32 Å². The molecule has 142 valence electrons. The predicted octanol–water partition coefficient (Wildman–Crippen LogP) is 6.37. The van der Waals surface area contributed by atoms with E-state index in [0.717, 1.165) is 16.7 Å². The van der Waals surface area contributed by atoms with E-state index in [0.29, 0.717) is 10.6 Å². The largest absolute Gasteiger partial charge is 0.345 e. The van der Waals surface area contributed by atoms with Crippen molar-refractivity contribution in [3.8, 4) is 0 Å². The van der Waals surface area contributed by atoms with Gasteiger partial charge in [-0.2, -0.15) is 0 Å². The highest BCUT2D eigenvalue weighted by Gasteiger charge is 2.17. The van der Waals surface area contributed by atoms with Crippen LogP contribution in [0.4, 0.5) is 0 Å². The Labute approximate surface area is 171 Å².